The summed E-state index contributed by atoms with van der Waals surface area (Å²) in [7, 11) is 0. The number of nitrogens with two attached hydrogens (primary N) is 1. The predicted octanol–water partition coefficient (Wildman–Crippen LogP) is 2.86. The Morgan fingerprint density at radius 3 is 2.72 bits per heavy atom. The van der Waals surface area contributed by atoms with Gasteiger partial charge in [-0.1, -0.05) is 37.3 Å². The Hall–Kier alpha value is -0.780. The van der Waals surface area contributed by atoms with Crippen molar-refractivity contribution in [2.45, 2.75) is 44.7 Å². The largest absolute Gasteiger partial charge is 0.370 e. The van der Waals surface area contributed by atoms with Gasteiger partial charge in [-0.25, -0.2) is 4.99 Å². The summed E-state index contributed by atoms with van der Waals surface area (Å²) in [4.78, 5) is 4.52. The van der Waals surface area contributed by atoms with Crippen LogP contribution in [0.3, 0.4) is 0 Å². The minimum absolute atomic E-state index is 0. The molecule has 0 aliphatic heterocycles. The molecule has 3 N–H and O–H groups in total. The molecule has 1 saturated carbocycles. The van der Waals surface area contributed by atoms with Crippen LogP contribution in [-0.2, 0) is 0 Å². The Labute approximate surface area is 126 Å². The fraction of sp³-hybridized carbons (Fsp3) is 0.500. The average Bonchev–Trinajstić information content (AvgIpc) is 3.09. The molecule has 1 aromatic carbocycles. The highest BCUT2D eigenvalue weighted by atomic mass is 127. The molecule has 1 fully saturated rings. The zero-order chi connectivity index (χ0) is 12.3. The summed E-state index contributed by atoms with van der Waals surface area (Å²) in [6, 6.07) is 11.3. The summed E-state index contributed by atoms with van der Waals surface area (Å²) >= 11 is 0. The first kappa shape index (κ1) is 15.3. The van der Waals surface area contributed by atoms with E-state index in [1.165, 1.54) is 5.56 Å². The maximum atomic E-state index is 5.87. The van der Waals surface area contributed by atoms with Crippen LogP contribution in [0.15, 0.2) is 35.3 Å². The molecule has 18 heavy (non-hydrogen) atoms. The highest BCUT2D eigenvalue weighted by Gasteiger charge is 2.38. The van der Waals surface area contributed by atoms with Gasteiger partial charge in [0.25, 0.3) is 0 Å². The third-order valence-electron chi connectivity index (χ3n) is 3.30. The van der Waals surface area contributed by atoms with E-state index in [4.69, 9.17) is 5.73 Å². The summed E-state index contributed by atoms with van der Waals surface area (Å²) < 4.78 is 0. The van der Waals surface area contributed by atoms with Crippen LogP contribution in [0.2, 0.25) is 0 Å². The van der Waals surface area contributed by atoms with Crippen LogP contribution < -0.4 is 11.1 Å². The zero-order valence-electron chi connectivity index (χ0n) is 11.0. The standard InChI is InChI=1S/C14H21N3.HI/c1-3-10(2)16-14(15)17-13-9-12(13)11-7-5-4-6-8-11;/h4-8,10,12-13H,3,9H2,1-2H3,(H3,15,16,17);1H. The third-order valence-corrected chi connectivity index (χ3v) is 3.30. The molecule has 3 nitrogen and oxygen atoms in total. The summed E-state index contributed by atoms with van der Waals surface area (Å²) in [5.74, 6) is 1.15. The van der Waals surface area contributed by atoms with E-state index in [2.05, 4.69) is 48.4 Å². The number of guanidine groups is 1. The molecule has 0 bridgehead atoms. The summed E-state index contributed by atoms with van der Waals surface area (Å²) in [6.07, 6.45) is 2.18. The smallest absolute Gasteiger partial charge is 0.189 e. The molecule has 4 heteroatoms. The number of aliphatic imine (C=N–C) groups is 1. The van der Waals surface area contributed by atoms with E-state index in [0.717, 1.165) is 12.8 Å². The number of rotatable bonds is 4. The maximum absolute atomic E-state index is 5.87. The molecule has 0 saturated heterocycles. The molecule has 1 aromatic rings. The SMILES string of the molecule is CCC(C)NC(N)=NC1CC1c1ccccc1.I. The molecule has 3 atom stereocenters. The van der Waals surface area contributed by atoms with Crippen molar-refractivity contribution in [2.24, 2.45) is 10.7 Å². The van der Waals surface area contributed by atoms with Crippen molar-refractivity contribution in [3.05, 3.63) is 35.9 Å². The van der Waals surface area contributed by atoms with E-state index in [-0.39, 0.29) is 24.0 Å². The van der Waals surface area contributed by atoms with Crippen LogP contribution in [0.5, 0.6) is 0 Å². The van der Waals surface area contributed by atoms with Gasteiger partial charge in [0.15, 0.2) is 5.96 Å². The molecule has 0 heterocycles. The lowest BCUT2D eigenvalue weighted by Crippen LogP contribution is -2.38. The Morgan fingerprint density at radius 1 is 1.44 bits per heavy atom. The molecule has 100 valence electrons. The first-order chi connectivity index (χ1) is 8.20. The van der Waals surface area contributed by atoms with Gasteiger partial charge in [0.2, 0.25) is 0 Å². The van der Waals surface area contributed by atoms with Gasteiger partial charge in [-0.15, -0.1) is 24.0 Å². The van der Waals surface area contributed by atoms with Gasteiger partial charge in [0.05, 0.1) is 6.04 Å². The van der Waals surface area contributed by atoms with E-state index >= 15 is 0 Å². The molecule has 0 spiro atoms. The Balaban J connectivity index is 0.00000162. The van der Waals surface area contributed by atoms with Crippen molar-refractivity contribution in [3.63, 3.8) is 0 Å². The van der Waals surface area contributed by atoms with E-state index in [1.54, 1.807) is 0 Å². The summed E-state index contributed by atoms with van der Waals surface area (Å²) in [6.45, 7) is 4.25. The highest BCUT2D eigenvalue weighted by molar-refractivity contribution is 14.0. The van der Waals surface area contributed by atoms with Gasteiger partial charge in [-0.2, -0.15) is 0 Å². The molecule has 0 amide bonds. The lowest BCUT2D eigenvalue weighted by Gasteiger charge is -2.11. The Kier molecular flexibility index (Phi) is 5.91. The van der Waals surface area contributed by atoms with Crippen molar-refractivity contribution in [2.75, 3.05) is 0 Å². The molecule has 1 aliphatic rings. The Bertz CT molecular complexity index is 391. The quantitative estimate of drug-likeness (QED) is 0.494. The fourth-order valence-electron chi connectivity index (χ4n) is 1.95. The summed E-state index contributed by atoms with van der Waals surface area (Å²) in [5.41, 5.74) is 7.24. The van der Waals surface area contributed by atoms with Gasteiger partial charge in [0.1, 0.15) is 0 Å². The molecule has 3 unspecified atom stereocenters. The van der Waals surface area contributed by atoms with Crippen molar-refractivity contribution >= 4 is 29.9 Å². The molecule has 0 radical (unpaired) electrons. The van der Waals surface area contributed by atoms with Gasteiger partial charge in [0, 0.05) is 12.0 Å². The molecule has 0 aromatic heterocycles. The first-order valence-corrected chi connectivity index (χ1v) is 6.35. The van der Waals surface area contributed by atoms with Crippen LogP contribution in [-0.4, -0.2) is 18.0 Å². The second kappa shape index (κ2) is 6.97. The summed E-state index contributed by atoms with van der Waals surface area (Å²) in [5, 5.41) is 3.20. The number of nitrogens with one attached hydrogen (secondary N) is 1. The topological polar surface area (TPSA) is 50.4 Å². The number of nitrogens with zero attached hydrogens (tertiary/aromatic N) is 1. The van der Waals surface area contributed by atoms with Gasteiger partial charge in [-0.05, 0) is 25.3 Å². The number of halogens is 1. The van der Waals surface area contributed by atoms with E-state index in [1.807, 2.05) is 6.07 Å². The zero-order valence-corrected chi connectivity index (χ0v) is 13.3. The maximum Gasteiger partial charge on any atom is 0.189 e. The molecular weight excluding hydrogens is 337 g/mol. The van der Waals surface area contributed by atoms with Crippen LogP contribution in [0.1, 0.15) is 38.2 Å². The van der Waals surface area contributed by atoms with E-state index < -0.39 is 0 Å². The van der Waals surface area contributed by atoms with E-state index in [0.29, 0.717) is 24.0 Å². The minimum Gasteiger partial charge on any atom is -0.370 e. The van der Waals surface area contributed by atoms with Crippen LogP contribution in [0.4, 0.5) is 0 Å². The number of hydrogen-bond acceptors (Lipinski definition) is 1. The molecule has 2 rings (SSSR count). The highest BCUT2D eigenvalue weighted by Crippen LogP contribution is 2.43. The molecule has 1 aliphatic carbocycles. The minimum atomic E-state index is 0. The Morgan fingerprint density at radius 2 is 2.11 bits per heavy atom. The lowest BCUT2D eigenvalue weighted by molar-refractivity contribution is 0.636. The monoisotopic (exact) mass is 359 g/mol. The average molecular weight is 359 g/mol. The number of hydrogen-bond donors (Lipinski definition) is 2. The van der Waals surface area contributed by atoms with Gasteiger partial charge < -0.3 is 11.1 Å². The van der Waals surface area contributed by atoms with Gasteiger partial charge >= 0.3 is 0 Å². The van der Waals surface area contributed by atoms with Gasteiger partial charge in [-0.3, -0.25) is 0 Å². The van der Waals surface area contributed by atoms with Crippen molar-refractivity contribution in [1.82, 2.24) is 5.32 Å². The first-order valence-electron chi connectivity index (χ1n) is 6.35. The van der Waals surface area contributed by atoms with E-state index in [9.17, 15) is 0 Å². The third kappa shape index (κ3) is 4.15. The van der Waals surface area contributed by atoms with Crippen LogP contribution in [0, 0.1) is 0 Å². The number of benzene rings is 1. The lowest BCUT2D eigenvalue weighted by atomic mass is 10.1. The normalized spacial score (nSPS) is 24.0. The van der Waals surface area contributed by atoms with Crippen molar-refractivity contribution in [3.8, 4) is 0 Å². The van der Waals surface area contributed by atoms with Crippen LogP contribution in [0.25, 0.3) is 0 Å². The fourth-order valence-corrected chi connectivity index (χ4v) is 1.95. The predicted molar refractivity (Wildman–Crippen MR) is 87.5 cm³/mol. The van der Waals surface area contributed by atoms with Crippen molar-refractivity contribution in [1.29, 1.82) is 0 Å². The molecular formula is C14H22IN3. The second-order valence-corrected chi connectivity index (χ2v) is 4.79. The van der Waals surface area contributed by atoms with Crippen molar-refractivity contribution < 1.29 is 0 Å². The van der Waals surface area contributed by atoms with Crippen LogP contribution >= 0.6 is 24.0 Å². The second-order valence-electron chi connectivity index (χ2n) is 4.79.